The Morgan fingerprint density at radius 1 is 0.909 bits per heavy atom. The largest absolute Gasteiger partial charge is 0.314 e. The van der Waals surface area contributed by atoms with Gasteiger partial charge in [0, 0.05) is 6.04 Å². The summed E-state index contributed by atoms with van der Waals surface area (Å²) in [6, 6.07) is 24.5. The van der Waals surface area contributed by atoms with Crippen LogP contribution in [0, 0.1) is 0 Å². The molecule has 0 spiro atoms. The Bertz CT molecular complexity index is 557. The zero-order chi connectivity index (χ0) is 15.6. The van der Waals surface area contributed by atoms with Crippen LogP contribution in [0.15, 0.2) is 60.7 Å². The molecular formula is C20H27NSi. The summed E-state index contributed by atoms with van der Waals surface area (Å²) in [5, 5.41) is 7.08. The molecule has 0 amide bonds. The standard InChI is InChI=1S/C20H27NSi/c1-20(2,3)22(16-17-14-15-21-17,18-10-6-4-7-11-18)19-12-8-5-9-13-19/h4-13,17,21H,14-16H2,1-3H3. The second-order valence-corrected chi connectivity index (χ2v) is 12.4. The fourth-order valence-corrected chi connectivity index (χ4v) is 9.67. The highest BCUT2D eigenvalue weighted by Gasteiger charge is 2.49. The van der Waals surface area contributed by atoms with Crippen LogP contribution < -0.4 is 15.7 Å². The normalized spacial score (nSPS) is 18.8. The van der Waals surface area contributed by atoms with E-state index in [2.05, 4.69) is 86.8 Å². The zero-order valence-electron chi connectivity index (χ0n) is 14.0. The monoisotopic (exact) mass is 309 g/mol. The van der Waals surface area contributed by atoms with Crippen LogP contribution in [-0.4, -0.2) is 20.7 Å². The summed E-state index contributed by atoms with van der Waals surface area (Å²) in [4.78, 5) is 0. The van der Waals surface area contributed by atoms with Crippen LogP contribution in [0.5, 0.6) is 0 Å². The molecule has 1 unspecified atom stereocenters. The van der Waals surface area contributed by atoms with E-state index in [1.54, 1.807) is 10.4 Å². The quantitative estimate of drug-likeness (QED) is 0.854. The van der Waals surface area contributed by atoms with E-state index in [1.165, 1.54) is 19.0 Å². The molecule has 0 radical (unpaired) electrons. The van der Waals surface area contributed by atoms with E-state index in [9.17, 15) is 0 Å². The first-order valence-electron chi connectivity index (χ1n) is 8.38. The summed E-state index contributed by atoms with van der Waals surface area (Å²) >= 11 is 0. The molecule has 1 aliphatic rings. The van der Waals surface area contributed by atoms with Crippen LogP contribution in [0.25, 0.3) is 0 Å². The Labute approximate surface area is 135 Å². The molecule has 1 aliphatic heterocycles. The average Bonchev–Trinajstić information content (AvgIpc) is 2.47. The Hall–Kier alpha value is -1.38. The molecule has 3 rings (SSSR count). The maximum absolute atomic E-state index is 3.65. The van der Waals surface area contributed by atoms with Gasteiger partial charge in [-0.1, -0.05) is 91.8 Å². The van der Waals surface area contributed by atoms with Crippen molar-refractivity contribution >= 4 is 18.4 Å². The van der Waals surface area contributed by atoms with E-state index in [0.29, 0.717) is 6.04 Å². The molecular weight excluding hydrogens is 282 g/mol. The van der Waals surface area contributed by atoms with Gasteiger partial charge in [-0.05, 0) is 24.0 Å². The van der Waals surface area contributed by atoms with Crippen molar-refractivity contribution < 1.29 is 0 Å². The molecule has 0 aliphatic carbocycles. The first-order valence-corrected chi connectivity index (χ1v) is 10.6. The van der Waals surface area contributed by atoms with Crippen molar-refractivity contribution in [3.63, 3.8) is 0 Å². The highest BCUT2D eigenvalue weighted by atomic mass is 28.3. The van der Waals surface area contributed by atoms with E-state index in [0.717, 1.165) is 0 Å². The molecule has 1 fully saturated rings. The van der Waals surface area contributed by atoms with Gasteiger partial charge in [0.2, 0.25) is 0 Å². The first-order chi connectivity index (χ1) is 10.5. The number of benzene rings is 2. The average molecular weight is 310 g/mol. The van der Waals surface area contributed by atoms with E-state index in [1.807, 2.05) is 0 Å². The van der Waals surface area contributed by atoms with Gasteiger partial charge in [0.25, 0.3) is 0 Å². The lowest BCUT2D eigenvalue weighted by atomic mass is 10.1. The molecule has 1 nitrogen and oxygen atoms in total. The fraction of sp³-hybridized carbons (Fsp3) is 0.400. The van der Waals surface area contributed by atoms with Crippen LogP contribution >= 0.6 is 0 Å². The van der Waals surface area contributed by atoms with Gasteiger partial charge in [-0.25, -0.2) is 0 Å². The van der Waals surface area contributed by atoms with Crippen molar-refractivity contribution in [1.82, 2.24) is 5.32 Å². The van der Waals surface area contributed by atoms with Gasteiger partial charge in [-0.15, -0.1) is 0 Å². The Morgan fingerprint density at radius 2 is 1.36 bits per heavy atom. The van der Waals surface area contributed by atoms with Gasteiger partial charge in [-0.2, -0.15) is 0 Å². The minimum Gasteiger partial charge on any atom is -0.314 e. The van der Waals surface area contributed by atoms with Gasteiger partial charge < -0.3 is 5.32 Å². The number of hydrogen-bond donors (Lipinski definition) is 1. The van der Waals surface area contributed by atoms with Crippen LogP contribution in [0.3, 0.4) is 0 Å². The minimum atomic E-state index is -1.84. The molecule has 0 bridgehead atoms. The van der Waals surface area contributed by atoms with Gasteiger partial charge in [0.1, 0.15) is 8.07 Å². The van der Waals surface area contributed by atoms with E-state index in [4.69, 9.17) is 0 Å². The van der Waals surface area contributed by atoms with Gasteiger partial charge in [0.05, 0.1) is 0 Å². The summed E-state index contributed by atoms with van der Waals surface area (Å²) in [5.41, 5.74) is 0. The van der Waals surface area contributed by atoms with Crippen molar-refractivity contribution in [2.75, 3.05) is 6.54 Å². The Balaban J connectivity index is 2.17. The molecule has 2 aromatic rings. The molecule has 2 heteroatoms. The molecule has 0 aromatic heterocycles. The van der Waals surface area contributed by atoms with E-state index >= 15 is 0 Å². The van der Waals surface area contributed by atoms with Crippen molar-refractivity contribution in [2.45, 2.75) is 44.3 Å². The first kappa shape index (κ1) is 15.5. The molecule has 1 heterocycles. The maximum atomic E-state index is 3.65. The molecule has 22 heavy (non-hydrogen) atoms. The van der Waals surface area contributed by atoms with Crippen LogP contribution in [0.4, 0.5) is 0 Å². The van der Waals surface area contributed by atoms with Gasteiger partial charge >= 0.3 is 0 Å². The SMILES string of the molecule is CC(C)(C)[Si](CC1CCN1)(c1ccccc1)c1ccccc1. The Kier molecular flexibility index (Phi) is 4.24. The molecule has 1 saturated heterocycles. The maximum Gasteiger partial charge on any atom is 0.124 e. The Morgan fingerprint density at radius 3 is 1.68 bits per heavy atom. The van der Waals surface area contributed by atoms with Crippen molar-refractivity contribution in [1.29, 1.82) is 0 Å². The third kappa shape index (κ3) is 2.66. The topological polar surface area (TPSA) is 12.0 Å². The van der Waals surface area contributed by atoms with Crippen molar-refractivity contribution in [3.8, 4) is 0 Å². The second kappa shape index (κ2) is 6.02. The highest BCUT2D eigenvalue weighted by molar-refractivity contribution is 7.04. The summed E-state index contributed by atoms with van der Waals surface area (Å²) < 4.78 is 0. The molecule has 2 aromatic carbocycles. The minimum absolute atomic E-state index is 0.285. The van der Waals surface area contributed by atoms with Gasteiger partial charge in [-0.3, -0.25) is 0 Å². The molecule has 1 atom stereocenters. The summed E-state index contributed by atoms with van der Waals surface area (Å²) in [6.07, 6.45) is 1.32. The third-order valence-corrected chi connectivity index (χ3v) is 11.6. The number of hydrogen-bond acceptors (Lipinski definition) is 1. The lowest BCUT2D eigenvalue weighted by molar-refractivity contribution is 0.394. The second-order valence-electron chi connectivity index (χ2n) is 7.53. The van der Waals surface area contributed by atoms with Crippen molar-refractivity contribution in [2.24, 2.45) is 0 Å². The number of rotatable bonds is 4. The van der Waals surface area contributed by atoms with E-state index < -0.39 is 8.07 Å². The molecule has 116 valence electrons. The highest BCUT2D eigenvalue weighted by Crippen LogP contribution is 2.40. The predicted molar refractivity (Wildman–Crippen MR) is 98.8 cm³/mol. The smallest absolute Gasteiger partial charge is 0.124 e. The molecule has 0 saturated carbocycles. The predicted octanol–water partition coefficient (Wildman–Crippen LogP) is 3.41. The lowest BCUT2D eigenvalue weighted by Gasteiger charge is -2.47. The number of nitrogens with one attached hydrogen (secondary N) is 1. The zero-order valence-corrected chi connectivity index (χ0v) is 15.0. The van der Waals surface area contributed by atoms with Crippen LogP contribution in [0.1, 0.15) is 27.2 Å². The molecule has 1 N–H and O–H groups in total. The fourth-order valence-electron chi connectivity index (χ4n) is 3.91. The van der Waals surface area contributed by atoms with Gasteiger partial charge in [0.15, 0.2) is 0 Å². The summed E-state index contributed by atoms with van der Waals surface area (Å²) in [7, 11) is -1.84. The van der Waals surface area contributed by atoms with Crippen molar-refractivity contribution in [3.05, 3.63) is 60.7 Å². The lowest BCUT2D eigenvalue weighted by Crippen LogP contribution is -2.67. The van der Waals surface area contributed by atoms with Crippen LogP contribution in [-0.2, 0) is 0 Å². The van der Waals surface area contributed by atoms with E-state index in [-0.39, 0.29) is 5.04 Å². The third-order valence-electron chi connectivity index (χ3n) is 5.29. The summed E-state index contributed by atoms with van der Waals surface area (Å²) in [5.74, 6) is 0. The van der Waals surface area contributed by atoms with Crippen LogP contribution in [0.2, 0.25) is 11.1 Å². The summed E-state index contributed by atoms with van der Waals surface area (Å²) in [6.45, 7) is 8.51.